The van der Waals surface area contributed by atoms with Crippen molar-refractivity contribution in [2.24, 2.45) is 0 Å². The summed E-state index contributed by atoms with van der Waals surface area (Å²) >= 11 is 3.29. The van der Waals surface area contributed by atoms with E-state index in [9.17, 15) is 0 Å². The fraction of sp³-hybridized carbons (Fsp3) is 0.250. The van der Waals surface area contributed by atoms with E-state index < -0.39 is 0 Å². The monoisotopic (exact) mass is 280 g/mol. The molecule has 0 aliphatic heterocycles. The fourth-order valence-electron chi connectivity index (χ4n) is 1.44. The fourth-order valence-corrected chi connectivity index (χ4v) is 1.75. The van der Waals surface area contributed by atoms with Gasteiger partial charge in [-0.3, -0.25) is 4.98 Å². The Morgan fingerprint density at radius 3 is 2.94 bits per heavy atom. The third kappa shape index (κ3) is 2.93. The standard InChI is InChI=1S/C12H13BrN2O/c1-9(11-4-5-12(13)16-11)15-8-10-3-2-6-14-7-10/h2-7,9,15H,8H2,1H3. The maximum atomic E-state index is 5.47. The van der Waals surface area contributed by atoms with Gasteiger partial charge in [0.15, 0.2) is 4.67 Å². The van der Waals surface area contributed by atoms with E-state index >= 15 is 0 Å². The SMILES string of the molecule is CC(NCc1cccnc1)c1ccc(Br)o1. The Balaban J connectivity index is 1.91. The lowest BCUT2D eigenvalue weighted by molar-refractivity contribution is 0.418. The Bertz CT molecular complexity index is 441. The van der Waals surface area contributed by atoms with Crippen molar-refractivity contribution in [1.82, 2.24) is 10.3 Å². The van der Waals surface area contributed by atoms with Crippen LogP contribution in [0.3, 0.4) is 0 Å². The summed E-state index contributed by atoms with van der Waals surface area (Å²) in [5.74, 6) is 0.927. The molecule has 2 aromatic rings. The van der Waals surface area contributed by atoms with Crippen LogP contribution in [-0.4, -0.2) is 4.98 Å². The van der Waals surface area contributed by atoms with Crippen molar-refractivity contribution in [3.05, 3.63) is 52.7 Å². The van der Waals surface area contributed by atoms with Gasteiger partial charge in [0, 0.05) is 18.9 Å². The number of nitrogens with zero attached hydrogens (tertiary/aromatic N) is 1. The number of halogens is 1. The van der Waals surface area contributed by atoms with Crippen LogP contribution in [0.15, 0.2) is 45.7 Å². The maximum Gasteiger partial charge on any atom is 0.169 e. The number of aromatic nitrogens is 1. The number of pyridine rings is 1. The second-order valence-corrected chi connectivity index (χ2v) is 4.39. The zero-order valence-corrected chi connectivity index (χ0v) is 10.6. The highest BCUT2D eigenvalue weighted by molar-refractivity contribution is 9.10. The van der Waals surface area contributed by atoms with Crippen molar-refractivity contribution in [2.75, 3.05) is 0 Å². The first-order valence-electron chi connectivity index (χ1n) is 5.13. The maximum absolute atomic E-state index is 5.47. The molecule has 2 aromatic heterocycles. The molecular weight excluding hydrogens is 268 g/mol. The predicted molar refractivity (Wildman–Crippen MR) is 65.9 cm³/mol. The molecule has 3 nitrogen and oxygen atoms in total. The van der Waals surface area contributed by atoms with Crippen molar-refractivity contribution in [1.29, 1.82) is 0 Å². The van der Waals surface area contributed by atoms with E-state index in [1.165, 1.54) is 5.56 Å². The van der Waals surface area contributed by atoms with Gasteiger partial charge in [0.2, 0.25) is 0 Å². The van der Waals surface area contributed by atoms with E-state index in [0.29, 0.717) is 0 Å². The number of rotatable bonds is 4. The van der Waals surface area contributed by atoms with Gasteiger partial charge >= 0.3 is 0 Å². The molecule has 0 amide bonds. The van der Waals surface area contributed by atoms with Gasteiger partial charge in [0.1, 0.15) is 5.76 Å². The molecule has 0 spiro atoms. The van der Waals surface area contributed by atoms with Gasteiger partial charge in [-0.15, -0.1) is 0 Å². The van der Waals surface area contributed by atoms with Crippen LogP contribution in [0.25, 0.3) is 0 Å². The molecule has 0 saturated carbocycles. The quantitative estimate of drug-likeness (QED) is 0.934. The molecule has 84 valence electrons. The van der Waals surface area contributed by atoms with Gasteiger partial charge in [-0.05, 0) is 46.6 Å². The molecular formula is C12H13BrN2O. The molecule has 0 aromatic carbocycles. The van der Waals surface area contributed by atoms with Crippen LogP contribution >= 0.6 is 15.9 Å². The minimum atomic E-state index is 0.187. The van der Waals surface area contributed by atoms with Crippen molar-refractivity contribution in [2.45, 2.75) is 19.5 Å². The number of hydrogen-bond donors (Lipinski definition) is 1. The summed E-state index contributed by atoms with van der Waals surface area (Å²) in [4.78, 5) is 4.07. The van der Waals surface area contributed by atoms with Crippen LogP contribution in [-0.2, 0) is 6.54 Å². The lowest BCUT2D eigenvalue weighted by Crippen LogP contribution is -2.17. The molecule has 4 heteroatoms. The molecule has 1 unspecified atom stereocenters. The minimum absolute atomic E-state index is 0.187. The van der Waals surface area contributed by atoms with Gasteiger partial charge < -0.3 is 9.73 Å². The molecule has 2 heterocycles. The molecule has 1 atom stereocenters. The summed E-state index contributed by atoms with van der Waals surface area (Å²) in [7, 11) is 0. The Kier molecular flexibility index (Phi) is 3.74. The zero-order chi connectivity index (χ0) is 11.4. The van der Waals surface area contributed by atoms with Gasteiger partial charge in [-0.1, -0.05) is 6.07 Å². The van der Waals surface area contributed by atoms with Crippen molar-refractivity contribution in [3.63, 3.8) is 0 Å². The molecule has 0 radical (unpaired) electrons. The largest absolute Gasteiger partial charge is 0.453 e. The molecule has 16 heavy (non-hydrogen) atoms. The minimum Gasteiger partial charge on any atom is -0.453 e. The van der Waals surface area contributed by atoms with Crippen LogP contribution in [0.2, 0.25) is 0 Å². The lowest BCUT2D eigenvalue weighted by Gasteiger charge is -2.10. The number of nitrogens with one attached hydrogen (secondary N) is 1. The molecule has 0 saturated heterocycles. The van der Waals surface area contributed by atoms with Gasteiger partial charge in [0.05, 0.1) is 6.04 Å². The van der Waals surface area contributed by atoms with E-state index in [1.807, 2.05) is 30.5 Å². The zero-order valence-electron chi connectivity index (χ0n) is 8.98. The van der Waals surface area contributed by atoms with Crippen LogP contribution in [0, 0.1) is 0 Å². The summed E-state index contributed by atoms with van der Waals surface area (Å²) in [5, 5.41) is 3.37. The van der Waals surface area contributed by atoms with Crippen LogP contribution in [0.1, 0.15) is 24.3 Å². The molecule has 1 N–H and O–H groups in total. The summed E-state index contributed by atoms with van der Waals surface area (Å²) in [5.41, 5.74) is 1.17. The molecule has 0 aliphatic carbocycles. The van der Waals surface area contributed by atoms with Crippen LogP contribution in [0.5, 0.6) is 0 Å². The first-order valence-corrected chi connectivity index (χ1v) is 5.92. The van der Waals surface area contributed by atoms with E-state index in [4.69, 9.17) is 4.42 Å². The Morgan fingerprint density at radius 2 is 2.31 bits per heavy atom. The highest BCUT2D eigenvalue weighted by atomic mass is 79.9. The molecule has 0 aliphatic rings. The smallest absolute Gasteiger partial charge is 0.169 e. The van der Waals surface area contributed by atoms with Gasteiger partial charge in [-0.2, -0.15) is 0 Å². The summed E-state index contributed by atoms with van der Waals surface area (Å²) in [6.07, 6.45) is 3.63. The van der Waals surface area contributed by atoms with Crippen molar-refractivity contribution < 1.29 is 4.42 Å². The van der Waals surface area contributed by atoms with Gasteiger partial charge in [0.25, 0.3) is 0 Å². The third-order valence-electron chi connectivity index (χ3n) is 2.36. The van der Waals surface area contributed by atoms with Crippen LogP contribution in [0.4, 0.5) is 0 Å². The normalized spacial score (nSPS) is 12.6. The summed E-state index contributed by atoms with van der Waals surface area (Å²) in [6.45, 7) is 2.86. The number of hydrogen-bond acceptors (Lipinski definition) is 3. The second kappa shape index (κ2) is 5.27. The Morgan fingerprint density at radius 1 is 1.44 bits per heavy atom. The topological polar surface area (TPSA) is 38.1 Å². The predicted octanol–water partition coefficient (Wildman–Crippen LogP) is 3.29. The first kappa shape index (κ1) is 11.4. The molecule has 0 bridgehead atoms. The van der Waals surface area contributed by atoms with Gasteiger partial charge in [-0.25, -0.2) is 0 Å². The lowest BCUT2D eigenvalue weighted by atomic mass is 10.2. The molecule has 2 rings (SSSR count). The van der Waals surface area contributed by atoms with Crippen molar-refractivity contribution in [3.8, 4) is 0 Å². The number of furan rings is 1. The first-order chi connectivity index (χ1) is 7.75. The molecule has 0 fully saturated rings. The second-order valence-electron chi connectivity index (χ2n) is 3.61. The van der Waals surface area contributed by atoms with Crippen molar-refractivity contribution >= 4 is 15.9 Å². The average molecular weight is 281 g/mol. The average Bonchev–Trinajstić information content (AvgIpc) is 2.74. The highest BCUT2D eigenvalue weighted by Crippen LogP contribution is 2.20. The van der Waals surface area contributed by atoms with E-state index in [1.54, 1.807) is 6.20 Å². The van der Waals surface area contributed by atoms with E-state index in [2.05, 4.69) is 33.2 Å². The van der Waals surface area contributed by atoms with Crippen LogP contribution < -0.4 is 5.32 Å². The Labute approximate surface area is 103 Å². The Hall–Kier alpha value is -1.13. The van der Waals surface area contributed by atoms with E-state index in [0.717, 1.165) is 17.0 Å². The highest BCUT2D eigenvalue weighted by Gasteiger charge is 2.08. The van der Waals surface area contributed by atoms with E-state index in [-0.39, 0.29) is 6.04 Å². The summed E-state index contributed by atoms with van der Waals surface area (Å²) in [6, 6.07) is 8.03. The summed E-state index contributed by atoms with van der Waals surface area (Å²) < 4.78 is 6.23. The third-order valence-corrected chi connectivity index (χ3v) is 2.78.